The maximum Gasteiger partial charge on any atom is 0.183 e. The summed E-state index contributed by atoms with van der Waals surface area (Å²) in [6, 6.07) is 4.74. The summed E-state index contributed by atoms with van der Waals surface area (Å²) in [6.45, 7) is 3.27. The van der Waals surface area contributed by atoms with Crippen LogP contribution in [0.1, 0.15) is 26.2 Å². The summed E-state index contributed by atoms with van der Waals surface area (Å²) in [7, 11) is 0. The Labute approximate surface area is 104 Å². The summed E-state index contributed by atoms with van der Waals surface area (Å²) < 4.78 is 14.0. The standard InChI is InChI=1S/C13H15FN2S/c1-13(5-2-6-13)8-15-12-16-10-4-3-9(14)7-11(10)17-12/h3-4,7H,2,5-6,8H2,1H3,(H,15,16). The molecule has 0 atom stereocenters. The third kappa shape index (κ3) is 2.14. The molecule has 0 aliphatic heterocycles. The number of rotatable bonds is 3. The molecule has 1 aromatic heterocycles. The van der Waals surface area contributed by atoms with E-state index in [9.17, 15) is 4.39 Å². The van der Waals surface area contributed by atoms with Crippen molar-refractivity contribution in [2.45, 2.75) is 26.2 Å². The minimum Gasteiger partial charge on any atom is -0.361 e. The SMILES string of the molecule is CC1(CNc2nc3ccc(F)cc3s2)CCC1. The van der Waals surface area contributed by atoms with Gasteiger partial charge in [-0.05, 0) is 36.5 Å². The number of hydrogen-bond donors (Lipinski definition) is 1. The summed E-state index contributed by atoms with van der Waals surface area (Å²) in [6.07, 6.45) is 3.92. The molecular weight excluding hydrogens is 235 g/mol. The van der Waals surface area contributed by atoms with Gasteiger partial charge in [0.25, 0.3) is 0 Å². The van der Waals surface area contributed by atoms with Crippen LogP contribution in [0.25, 0.3) is 10.2 Å². The van der Waals surface area contributed by atoms with Crippen molar-refractivity contribution in [2.75, 3.05) is 11.9 Å². The van der Waals surface area contributed by atoms with E-state index in [2.05, 4.69) is 17.2 Å². The summed E-state index contributed by atoms with van der Waals surface area (Å²) in [5.74, 6) is -0.196. The first-order valence-electron chi connectivity index (χ1n) is 5.95. The van der Waals surface area contributed by atoms with E-state index in [4.69, 9.17) is 0 Å². The van der Waals surface area contributed by atoms with Crippen molar-refractivity contribution in [3.8, 4) is 0 Å². The molecule has 1 fully saturated rings. The molecule has 1 heterocycles. The van der Waals surface area contributed by atoms with Crippen molar-refractivity contribution >= 4 is 26.7 Å². The van der Waals surface area contributed by atoms with Gasteiger partial charge in [-0.15, -0.1) is 0 Å². The van der Waals surface area contributed by atoms with Gasteiger partial charge in [0, 0.05) is 6.54 Å². The Morgan fingerprint density at radius 3 is 3.00 bits per heavy atom. The molecule has 1 aliphatic carbocycles. The van der Waals surface area contributed by atoms with E-state index >= 15 is 0 Å². The van der Waals surface area contributed by atoms with Crippen LogP contribution < -0.4 is 5.32 Å². The molecule has 0 spiro atoms. The fourth-order valence-electron chi connectivity index (χ4n) is 2.22. The number of nitrogens with zero attached hydrogens (tertiary/aromatic N) is 1. The van der Waals surface area contributed by atoms with E-state index in [0.29, 0.717) is 5.41 Å². The van der Waals surface area contributed by atoms with Crippen LogP contribution in [0.5, 0.6) is 0 Å². The van der Waals surface area contributed by atoms with Crippen molar-refractivity contribution < 1.29 is 4.39 Å². The first kappa shape index (κ1) is 11.0. The maximum absolute atomic E-state index is 13.0. The maximum atomic E-state index is 13.0. The zero-order chi connectivity index (χ0) is 11.9. The number of nitrogens with one attached hydrogen (secondary N) is 1. The number of halogens is 1. The quantitative estimate of drug-likeness (QED) is 0.889. The van der Waals surface area contributed by atoms with Gasteiger partial charge < -0.3 is 5.32 Å². The van der Waals surface area contributed by atoms with E-state index in [1.807, 2.05) is 0 Å². The molecule has 3 rings (SSSR count). The van der Waals surface area contributed by atoms with E-state index in [-0.39, 0.29) is 5.82 Å². The molecule has 1 N–H and O–H groups in total. The lowest BCUT2D eigenvalue weighted by molar-refractivity contribution is 0.180. The van der Waals surface area contributed by atoms with E-state index < -0.39 is 0 Å². The van der Waals surface area contributed by atoms with Crippen LogP contribution in [0.2, 0.25) is 0 Å². The summed E-state index contributed by atoms with van der Waals surface area (Å²) in [4.78, 5) is 4.46. The first-order valence-corrected chi connectivity index (χ1v) is 6.76. The number of thiazole rings is 1. The Hall–Kier alpha value is -1.16. The van der Waals surface area contributed by atoms with Crippen molar-refractivity contribution in [3.63, 3.8) is 0 Å². The number of anilines is 1. The van der Waals surface area contributed by atoms with Crippen LogP contribution in [-0.4, -0.2) is 11.5 Å². The number of benzene rings is 1. The Balaban J connectivity index is 1.76. The molecule has 0 saturated heterocycles. The molecule has 2 nitrogen and oxygen atoms in total. The van der Waals surface area contributed by atoms with Crippen LogP contribution in [0.3, 0.4) is 0 Å². The molecule has 0 bridgehead atoms. The van der Waals surface area contributed by atoms with E-state index in [1.165, 1.54) is 36.7 Å². The Bertz CT molecular complexity index is 545. The molecule has 17 heavy (non-hydrogen) atoms. The van der Waals surface area contributed by atoms with Crippen LogP contribution in [0, 0.1) is 11.2 Å². The van der Waals surface area contributed by atoms with Gasteiger partial charge in [-0.2, -0.15) is 0 Å². The van der Waals surface area contributed by atoms with Gasteiger partial charge in [0.15, 0.2) is 5.13 Å². The lowest BCUT2D eigenvalue weighted by Crippen LogP contribution is -2.33. The summed E-state index contributed by atoms with van der Waals surface area (Å²) in [5.41, 5.74) is 1.31. The summed E-state index contributed by atoms with van der Waals surface area (Å²) >= 11 is 1.52. The van der Waals surface area contributed by atoms with Crippen molar-refractivity contribution in [3.05, 3.63) is 24.0 Å². The van der Waals surface area contributed by atoms with Gasteiger partial charge in [-0.25, -0.2) is 9.37 Å². The predicted octanol–water partition coefficient (Wildman–Crippen LogP) is 4.04. The van der Waals surface area contributed by atoms with E-state index in [0.717, 1.165) is 21.9 Å². The normalized spacial score (nSPS) is 18.0. The minimum atomic E-state index is -0.196. The first-order chi connectivity index (χ1) is 8.15. The van der Waals surface area contributed by atoms with Crippen molar-refractivity contribution in [1.82, 2.24) is 4.98 Å². The summed E-state index contributed by atoms with van der Waals surface area (Å²) in [5, 5.41) is 4.28. The van der Waals surface area contributed by atoms with Gasteiger partial charge >= 0.3 is 0 Å². The number of aromatic nitrogens is 1. The largest absolute Gasteiger partial charge is 0.361 e. The number of fused-ring (bicyclic) bond motifs is 1. The van der Waals surface area contributed by atoms with Gasteiger partial charge in [-0.1, -0.05) is 24.7 Å². The fourth-order valence-corrected chi connectivity index (χ4v) is 3.11. The molecule has 0 amide bonds. The topological polar surface area (TPSA) is 24.9 Å². The number of hydrogen-bond acceptors (Lipinski definition) is 3. The Kier molecular flexibility index (Phi) is 2.54. The second kappa shape index (κ2) is 3.95. The highest BCUT2D eigenvalue weighted by Gasteiger charge is 2.31. The van der Waals surface area contributed by atoms with Crippen molar-refractivity contribution in [2.24, 2.45) is 5.41 Å². The smallest absolute Gasteiger partial charge is 0.183 e. The van der Waals surface area contributed by atoms with Gasteiger partial charge in [0.1, 0.15) is 5.82 Å². The lowest BCUT2D eigenvalue weighted by Gasteiger charge is -2.38. The third-order valence-corrected chi connectivity index (χ3v) is 4.55. The fraction of sp³-hybridized carbons (Fsp3) is 0.462. The molecule has 0 radical (unpaired) electrons. The highest BCUT2D eigenvalue weighted by Crippen LogP contribution is 2.40. The second-order valence-corrected chi connectivity index (χ2v) is 6.18. The van der Waals surface area contributed by atoms with E-state index in [1.54, 1.807) is 12.1 Å². The Morgan fingerprint density at radius 1 is 1.47 bits per heavy atom. The van der Waals surface area contributed by atoms with Crippen LogP contribution in [0.15, 0.2) is 18.2 Å². The lowest BCUT2D eigenvalue weighted by atomic mass is 9.70. The van der Waals surface area contributed by atoms with Crippen LogP contribution in [0.4, 0.5) is 9.52 Å². The van der Waals surface area contributed by atoms with Crippen molar-refractivity contribution in [1.29, 1.82) is 0 Å². The molecule has 4 heteroatoms. The predicted molar refractivity (Wildman–Crippen MR) is 70.0 cm³/mol. The highest BCUT2D eigenvalue weighted by atomic mass is 32.1. The van der Waals surface area contributed by atoms with Gasteiger partial charge in [-0.3, -0.25) is 0 Å². The molecule has 0 unspecified atom stereocenters. The second-order valence-electron chi connectivity index (χ2n) is 5.15. The van der Waals surface area contributed by atoms with Gasteiger partial charge in [0.2, 0.25) is 0 Å². The molecular formula is C13H15FN2S. The zero-order valence-corrected chi connectivity index (χ0v) is 10.6. The van der Waals surface area contributed by atoms with Crippen LogP contribution in [-0.2, 0) is 0 Å². The molecule has 2 aromatic rings. The molecule has 1 aromatic carbocycles. The molecule has 90 valence electrons. The van der Waals surface area contributed by atoms with Crippen LogP contribution >= 0.6 is 11.3 Å². The zero-order valence-electron chi connectivity index (χ0n) is 9.79. The molecule has 1 aliphatic rings. The average Bonchev–Trinajstić information content (AvgIpc) is 2.65. The minimum absolute atomic E-state index is 0.196. The molecule has 1 saturated carbocycles. The van der Waals surface area contributed by atoms with Gasteiger partial charge in [0.05, 0.1) is 10.2 Å². The Morgan fingerprint density at radius 2 is 2.29 bits per heavy atom. The monoisotopic (exact) mass is 250 g/mol. The third-order valence-electron chi connectivity index (χ3n) is 3.58. The highest BCUT2D eigenvalue weighted by molar-refractivity contribution is 7.22. The average molecular weight is 250 g/mol.